The molecule has 1 aromatic rings. The Hall–Kier alpha value is -0.590. The van der Waals surface area contributed by atoms with Crippen molar-refractivity contribution in [1.82, 2.24) is 4.31 Å². The quantitative estimate of drug-likeness (QED) is 0.813. The first-order chi connectivity index (χ1) is 8.43. The maximum Gasteiger partial charge on any atom is 0.245 e. The number of sulfonamides is 1. The Bertz CT molecular complexity index is 497. The second kappa shape index (κ2) is 6.54. The third-order valence-corrected chi connectivity index (χ3v) is 5.00. The molecule has 0 aromatic heterocycles. The average molecular weight is 335 g/mol. The van der Waals surface area contributed by atoms with Crippen LogP contribution in [0.15, 0.2) is 27.6 Å². The van der Waals surface area contributed by atoms with Crippen LogP contribution < -0.4 is 5.73 Å². The molecule has 0 fully saturated rings. The Kier molecular flexibility index (Phi) is 5.62. The van der Waals surface area contributed by atoms with E-state index in [0.29, 0.717) is 13.1 Å². The zero-order valence-corrected chi connectivity index (χ0v) is 13.1. The Morgan fingerprint density at radius 3 is 2.22 bits per heavy atom. The fourth-order valence-electron chi connectivity index (χ4n) is 1.74. The van der Waals surface area contributed by atoms with Gasteiger partial charge in [-0.3, -0.25) is 0 Å². The molecule has 0 bridgehead atoms. The normalized spacial score (nSPS) is 12.0. The predicted octanol–water partition coefficient (Wildman–Crippen LogP) is 2.84. The SMILES string of the molecule is CCCN(CCC)S(=O)(=O)c1ccc(Br)cc1N. The van der Waals surface area contributed by atoms with E-state index in [4.69, 9.17) is 5.73 Å². The molecule has 2 N–H and O–H groups in total. The zero-order valence-electron chi connectivity index (χ0n) is 10.7. The average Bonchev–Trinajstić information content (AvgIpc) is 2.28. The van der Waals surface area contributed by atoms with Gasteiger partial charge in [-0.05, 0) is 31.0 Å². The van der Waals surface area contributed by atoms with Crippen LogP contribution in [0, 0.1) is 0 Å². The van der Waals surface area contributed by atoms with Gasteiger partial charge in [0.05, 0.1) is 5.69 Å². The molecule has 0 saturated heterocycles. The molecule has 0 aliphatic rings. The van der Waals surface area contributed by atoms with E-state index in [1.165, 1.54) is 4.31 Å². The highest BCUT2D eigenvalue weighted by molar-refractivity contribution is 9.10. The van der Waals surface area contributed by atoms with Gasteiger partial charge in [0.2, 0.25) is 10.0 Å². The Balaban J connectivity index is 3.17. The number of hydrogen-bond donors (Lipinski definition) is 1. The van der Waals surface area contributed by atoms with E-state index in [0.717, 1.165) is 17.3 Å². The van der Waals surface area contributed by atoms with Crippen molar-refractivity contribution in [3.8, 4) is 0 Å². The summed E-state index contributed by atoms with van der Waals surface area (Å²) >= 11 is 3.27. The van der Waals surface area contributed by atoms with Crippen molar-refractivity contribution in [3.63, 3.8) is 0 Å². The second-order valence-corrected chi connectivity index (χ2v) is 6.91. The molecule has 0 unspecified atom stereocenters. The molecular formula is C12H19BrN2O2S. The van der Waals surface area contributed by atoms with Gasteiger partial charge in [-0.15, -0.1) is 0 Å². The minimum absolute atomic E-state index is 0.188. The molecular weight excluding hydrogens is 316 g/mol. The summed E-state index contributed by atoms with van der Waals surface area (Å²) in [4.78, 5) is 0.188. The van der Waals surface area contributed by atoms with Gasteiger partial charge in [0.15, 0.2) is 0 Å². The molecule has 4 nitrogen and oxygen atoms in total. The van der Waals surface area contributed by atoms with Crippen molar-refractivity contribution in [2.45, 2.75) is 31.6 Å². The predicted molar refractivity (Wildman–Crippen MR) is 77.9 cm³/mol. The number of hydrogen-bond acceptors (Lipinski definition) is 3. The summed E-state index contributed by atoms with van der Waals surface area (Å²) < 4.78 is 27.2. The van der Waals surface area contributed by atoms with Crippen LogP contribution in [0.5, 0.6) is 0 Å². The van der Waals surface area contributed by atoms with Gasteiger partial charge >= 0.3 is 0 Å². The smallest absolute Gasteiger partial charge is 0.245 e. The molecule has 102 valence electrons. The van der Waals surface area contributed by atoms with Crippen molar-refractivity contribution < 1.29 is 8.42 Å². The van der Waals surface area contributed by atoms with Gasteiger partial charge in [-0.1, -0.05) is 29.8 Å². The fraction of sp³-hybridized carbons (Fsp3) is 0.500. The molecule has 0 spiro atoms. The van der Waals surface area contributed by atoms with Gasteiger partial charge in [0, 0.05) is 17.6 Å². The lowest BCUT2D eigenvalue weighted by Gasteiger charge is -2.21. The largest absolute Gasteiger partial charge is 0.398 e. The highest BCUT2D eigenvalue weighted by Crippen LogP contribution is 2.25. The Morgan fingerprint density at radius 1 is 1.22 bits per heavy atom. The first-order valence-electron chi connectivity index (χ1n) is 5.98. The molecule has 0 aliphatic carbocycles. The third kappa shape index (κ3) is 3.46. The van der Waals surface area contributed by atoms with Crippen LogP contribution in [0.1, 0.15) is 26.7 Å². The zero-order chi connectivity index (χ0) is 13.8. The summed E-state index contributed by atoms with van der Waals surface area (Å²) in [5.74, 6) is 0. The van der Waals surface area contributed by atoms with Crippen LogP contribution in [0.3, 0.4) is 0 Å². The van der Waals surface area contributed by atoms with E-state index in [1.54, 1.807) is 18.2 Å². The molecule has 0 heterocycles. The van der Waals surface area contributed by atoms with Crippen LogP contribution in [0.2, 0.25) is 0 Å². The van der Waals surface area contributed by atoms with E-state index < -0.39 is 10.0 Å². The second-order valence-electron chi connectivity index (χ2n) is 4.09. The molecule has 0 radical (unpaired) electrons. The highest BCUT2D eigenvalue weighted by Gasteiger charge is 2.25. The van der Waals surface area contributed by atoms with Gasteiger partial charge < -0.3 is 5.73 Å². The van der Waals surface area contributed by atoms with Crippen LogP contribution in [-0.4, -0.2) is 25.8 Å². The maximum atomic E-state index is 12.5. The third-order valence-electron chi connectivity index (χ3n) is 2.54. The van der Waals surface area contributed by atoms with Crippen molar-refractivity contribution in [1.29, 1.82) is 0 Å². The van der Waals surface area contributed by atoms with E-state index in [2.05, 4.69) is 15.9 Å². The number of anilines is 1. The topological polar surface area (TPSA) is 63.4 Å². The first-order valence-corrected chi connectivity index (χ1v) is 8.22. The molecule has 0 saturated carbocycles. The standard InChI is InChI=1S/C12H19BrN2O2S/c1-3-7-15(8-4-2)18(16,17)12-6-5-10(13)9-11(12)14/h5-6,9H,3-4,7-8,14H2,1-2H3. The minimum Gasteiger partial charge on any atom is -0.398 e. The number of benzene rings is 1. The lowest BCUT2D eigenvalue weighted by molar-refractivity contribution is 0.410. The fourth-order valence-corrected chi connectivity index (χ4v) is 3.84. The minimum atomic E-state index is -3.49. The van der Waals surface area contributed by atoms with Gasteiger partial charge in [-0.2, -0.15) is 4.31 Å². The van der Waals surface area contributed by atoms with Crippen LogP contribution in [0.25, 0.3) is 0 Å². The molecule has 0 aliphatic heterocycles. The van der Waals surface area contributed by atoms with Crippen molar-refractivity contribution >= 4 is 31.6 Å². The molecule has 6 heteroatoms. The van der Waals surface area contributed by atoms with Crippen molar-refractivity contribution in [3.05, 3.63) is 22.7 Å². The van der Waals surface area contributed by atoms with Crippen molar-refractivity contribution in [2.24, 2.45) is 0 Å². The number of nitrogens with zero attached hydrogens (tertiary/aromatic N) is 1. The first kappa shape index (κ1) is 15.5. The van der Waals surface area contributed by atoms with Gasteiger partial charge in [-0.25, -0.2) is 8.42 Å². The summed E-state index contributed by atoms with van der Waals surface area (Å²) in [6.07, 6.45) is 1.57. The van der Waals surface area contributed by atoms with E-state index in [-0.39, 0.29) is 10.6 Å². The van der Waals surface area contributed by atoms with E-state index in [9.17, 15) is 8.42 Å². The molecule has 18 heavy (non-hydrogen) atoms. The number of rotatable bonds is 6. The Labute approximate surface area is 117 Å². The van der Waals surface area contributed by atoms with Crippen molar-refractivity contribution in [2.75, 3.05) is 18.8 Å². The lowest BCUT2D eigenvalue weighted by atomic mass is 10.3. The molecule has 1 aromatic carbocycles. The van der Waals surface area contributed by atoms with E-state index >= 15 is 0 Å². The molecule has 0 atom stereocenters. The van der Waals surface area contributed by atoms with Gasteiger partial charge in [0.1, 0.15) is 4.90 Å². The summed E-state index contributed by atoms with van der Waals surface area (Å²) in [6, 6.07) is 4.86. The van der Waals surface area contributed by atoms with E-state index in [1.807, 2.05) is 13.8 Å². The maximum absolute atomic E-state index is 12.5. The summed E-state index contributed by atoms with van der Waals surface area (Å²) in [5, 5.41) is 0. The summed E-state index contributed by atoms with van der Waals surface area (Å²) in [5.41, 5.74) is 6.08. The van der Waals surface area contributed by atoms with Crippen LogP contribution in [0.4, 0.5) is 5.69 Å². The van der Waals surface area contributed by atoms with Gasteiger partial charge in [0.25, 0.3) is 0 Å². The van der Waals surface area contributed by atoms with Crippen LogP contribution >= 0.6 is 15.9 Å². The molecule has 0 amide bonds. The lowest BCUT2D eigenvalue weighted by Crippen LogP contribution is -2.33. The summed E-state index contributed by atoms with van der Waals surface area (Å²) in [6.45, 7) is 4.96. The van der Waals surface area contributed by atoms with Crippen LogP contribution in [-0.2, 0) is 10.0 Å². The molecule has 1 rings (SSSR count). The number of nitrogen functional groups attached to an aromatic ring is 1. The Morgan fingerprint density at radius 2 is 1.78 bits per heavy atom. The number of halogens is 1. The summed E-state index contributed by atoms with van der Waals surface area (Å²) in [7, 11) is -3.49. The monoisotopic (exact) mass is 334 g/mol. The highest BCUT2D eigenvalue weighted by atomic mass is 79.9. The number of nitrogens with two attached hydrogens (primary N) is 1.